The number of pyridine rings is 1. The lowest BCUT2D eigenvalue weighted by Gasteiger charge is -2.22. The van der Waals surface area contributed by atoms with Crippen LogP contribution in [0.2, 0.25) is 0 Å². The number of benzene rings is 1. The Morgan fingerprint density at radius 1 is 1.11 bits per heavy atom. The summed E-state index contributed by atoms with van der Waals surface area (Å²) in [6.07, 6.45) is 6.99. The number of rotatable bonds is 3. The van der Waals surface area contributed by atoms with Gasteiger partial charge in [-0.05, 0) is 56.1 Å². The van der Waals surface area contributed by atoms with E-state index in [1.165, 1.54) is 48.8 Å². The third kappa shape index (κ3) is 2.54. The van der Waals surface area contributed by atoms with E-state index in [0.717, 1.165) is 12.3 Å². The first kappa shape index (κ1) is 11.7. The molecule has 1 fully saturated rings. The molecule has 0 amide bonds. The first-order chi connectivity index (χ1) is 8.93. The predicted octanol–water partition coefficient (Wildman–Crippen LogP) is 3.17. The maximum Gasteiger partial charge on any atom is 0.0481 e. The zero-order valence-electron chi connectivity index (χ0n) is 10.7. The molecule has 0 aliphatic carbocycles. The highest BCUT2D eigenvalue weighted by Gasteiger charge is 2.13. The number of piperidine rings is 1. The van der Waals surface area contributed by atoms with E-state index in [1.807, 2.05) is 6.20 Å². The number of aryl methyl sites for hydroxylation is 1. The van der Waals surface area contributed by atoms with Crippen LogP contribution in [0.1, 0.15) is 25.0 Å². The van der Waals surface area contributed by atoms with Crippen molar-refractivity contribution in [1.82, 2.24) is 10.3 Å². The number of aromatic nitrogens is 1. The minimum absolute atomic E-state index is 0.881. The molecular formula is C16H20N2. The van der Waals surface area contributed by atoms with E-state index in [1.54, 1.807) is 0 Å². The van der Waals surface area contributed by atoms with Crippen LogP contribution in [0.5, 0.6) is 0 Å². The van der Waals surface area contributed by atoms with Crippen LogP contribution in [0.3, 0.4) is 0 Å². The highest BCUT2D eigenvalue weighted by Crippen LogP contribution is 2.22. The molecule has 0 unspecified atom stereocenters. The molecule has 3 rings (SSSR count). The topological polar surface area (TPSA) is 24.9 Å². The first-order valence-corrected chi connectivity index (χ1v) is 6.97. The molecule has 0 radical (unpaired) electrons. The van der Waals surface area contributed by atoms with E-state index < -0.39 is 0 Å². The van der Waals surface area contributed by atoms with Crippen LogP contribution in [0, 0.1) is 5.92 Å². The standard InChI is InChI=1S/C16H20N2/c1-2-4-15-14(3-1)9-12-18-16(15)6-5-13-7-10-17-11-8-13/h1-4,9,12-13,17H,5-8,10-11H2. The van der Waals surface area contributed by atoms with Gasteiger partial charge >= 0.3 is 0 Å². The first-order valence-electron chi connectivity index (χ1n) is 6.97. The van der Waals surface area contributed by atoms with Gasteiger partial charge in [0.2, 0.25) is 0 Å². The summed E-state index contributed by atoms with van der Waals surface area (Å²) in [4.78, 5) is 4.58. The second kappa shape index (κ2) is 5.49. The average Bonchev–Trinajstić information content (AvgIpc) is 2.46. The molecule has 1 aliphatic heterocycles. The number of nitrogens with zero attached hydrogens (tertiary/aromatic N) is 1. The molecule has 0 bridgehead atoms. The fourth-order valence-corrected chi connectivity index (χ4v) is 2.89. The fraction of sp³-hybridized carbons (Fsp3) is 0.438. The van der Waals surface area contributed by atoms with Crippen molar-refractivity contribution < 1.29 is 0 Å². The molecule has 2 aromatic rings. The Hall–Kier alpha value is -1.41. The molecule has 1 N–H and O–H groups in total. The molecule has 18 heavy (non-hydrogen) atoms. The van der Waals surface area contributed by atoms with Gasteiger partial charge in [-0.15, -0.1) is 0 Å². The highest BCUT2D eigenvalue weighted by molar-refractivity contribution is 5.84. The third-order valence-corrected chi connectivity index (χ3v) is 4.00. The second-order valence-electron chi connectivity index (χ2n) is 5.21. The maximum atomic E-state index is 4.58. The Labute approximate surface area is 108 Å². The Balaban J connectivity index is 1.74. The van der Waals surface area contributed by atoms with E-state index in [9.17, 15) is 0 Å². The molecule has 1 aromatic heterocycles. The summed E-state index contributed by atoms with van der Waals surface area (Å²) < 4.78 is 0. The van der Waals surface area contributed by atoms with Gasteiger partial charge in [0.1, 0.15) is 0 Å². The Bertz CT molecular complexity index is 510. The summed E-state index contributed by atoms with van der Waals surface area (Å²) in [5.41, 5.74) is 1.27. The van der Waals surface area contributed by atoms with Gasteiger partial charge < -0.3 is 5.32 Å². The summed E-state index contributed by atoms with van der Waals surface area (Å²) in [5, 5.41) is 6.07. The zero-order chi connectivity index (χ0) is 12.2. The van der Waals surface area contributed by atoms with E-state index in [-0.39, 0.29) is 0 Å². The van der Waals surface area contributed by atoms with Crippen LogP contribution in [0.15, 0.2) is 36.5 Å². The third-order valence-electron chi connectivity index (χ3n) is 4.00. The van der Waals surface area contributed by atoms with Crippen molar-refractivity contribution in [3.63, 3.8) is 0 Å². The molecule has 1 aliphatic rings. The lowest BCUT2D eigenvalue weighted by molar-refractivity contribution is 0.354. The van der Waals surface area contributed by atoms with Crippen molar-refractivity contribution >= 4 is 10.8 Å². The second-order valence-corrected chi connectivity index (χ2v) is 5.21. The minimum Gasteiger partial charge on any atom is -0.317 e. The van der Waals surface area contributed by atoms with Gasteiger partial charge in [-0.3, -0.25) is 4.98 Å². The van der Waals surface area contributed by atoms with Crippen LogP contribution in [-0.2, 0) is 6.42 Å². The minimum atomic E-state index is 0.881. The van der Waals surface area contributed by atoms with Crippen molar-refractivity contribution in [3.05, 3.63) is 42.2 Å². The molecule has 94 valence electrons. The van der Waals surface area contributed by atoms with E-state index >= 15 is 0 Å². The molecule has 2 heterocycles. The van der Waals surface area contributed by atoms with Gasteiger partial charge in [0.15, 0.2) is 0 Å². The predicted molar refractivity (Wildman–Crippen MR) is 75.7 cm³/mol. The van der Waals surface area contributed by atoms with E-state index in [2.05, 4.69) is 40.6 Å². The van der Waals surface area contributed by atoms with Crippen LogP contribution >= 0.6 is 0 Å². The van der Waals surface area contributed by atoms with Crippen LogP contribution < -0.4 is 5.32 Å². The number of hydrogen-bond acceptors (Lipinski definition) is 2. The van der Waals surface area contributed by atoms with Crippen molar-refractivity contribution in [3.8, 4) is 0 Å². The summed E-state index contributed by atoms with van der Waals surface area (Å²) in [7, 11) is 0. The maximum absolute atomic E-state index is 4.58. The molecule has 0 saturated carbocycles. The van der Waals surface area contributed by atoms with Crippen LogP contribution in [0.25, 0.3) is 10.8 Å². The van der Waals surface area contributed by atoms with Gasteiger partial charge in [-0.2, -0.15) is 0 Å². The van der Waals surface area contributed by atoms with E-state index in [0.29, 0.717) is 0 Å². The Morgan fingerprint density at radius 2 is 1.94 bits per heavy atom. The quantitative estimate of drug-likeness (QED) is 0.891. The van der Waals surface area contributed by atoms with Gasteiger partial charge in [-0.1, -0.05) is 24.3 Å². The van der Waals surface area contributed by atoms with Crippen molar-refractivity contribution in [1.29, 1.82) is 0 Å². The van der Waals surface area contributed by atoms with Crippen molar-refractivity contribution in [2.45, 2.75) is 25.7 Å². The molecule has 0 spiro atoms. The van der Waals surface area contributed by atoms with Crippen molar-refractivity contribution in [2.75, 3.05) is 13.1 Å². The SMILES string of the molecule is c1ccc2c(CCC3CCNCC3)nccc2c1. The number of hydrogen-bond donors (Lipinski definition) is 1. The van der Waals surface area contributed by atoms with Crippen LogP contribution in [0.4, 0.5) is 0 Å². The largest absolute Gasteiger partial charge is 0.317 e. The molecule has 2 nitrogen and oxygen atoms in total. The number of nitrogens with one attached hydrogen (secondary N) is 1. The molecule has 0 atom stereocenters. The van der Waals surface area contributed by atoms with E-state index in [4.69, 9.17) is 0 Å². The molecule has 1 saturated heterocycles. The van der Waals surface area contributed by atoms with Crippen molar-refractivity contribution in [2.24, 2.45) is 5.92 Å². The number of fused-ring (bicyclic) bond motifs is 1. The monoisotopic (exact) mass is 240 g/mol. The van der Waals surface area contributed by atoms with Gasteiger partial charge in [0, 0.05) is 17.3 Å². The smallest absolute Gasteiger partial charge is 0.0481 e. The van der Waals surface area contributed by atoms with Crippen LogP contribution in [-0.4, -0.2) is 18.1 Å². The molecule has 2 heteroatoms. The van der Waals surface area contributed by atoms with Gasteiger partial charge in [0.05, 0.1) is 0 Å². The Kier molecular flexibility index (Phi) is 3.56. The summed E-state index contributed by atoms with van der Waals surface area (Å²) in [6, 6.07) is 10.7. The summed E-state index contributed by atoms with van der Waals surface area (Å²) >= 11 is 0. The molecular weight excluding hydrogens is 220 g/mol. The molecule has 1 aromatic carbocycles. The highest BCUT2D eigenvalue weighted by atomic mass is 14.9. The zero-order valence-corrected chi connectivity index (χ0v) is 10.7. The van der Waals surface area contributed by atoms with Gasteiger partial charge in [-0.25, -0.2) is 0 Å². The van der Waals surface area contributed by atoms with Gasteiger partial charge in [0.25, 0.3) is 0 Å². The average molecular weight is 240 g/mol. The Morgan fingerprint density at radius 3 is 2.83 bits per heavy atom. The lowest BCUT2D eigenvalue weighted by Crippen LogP contribution is -2.27. The summed E-state index contributed by atoms with van der Waals surface area (Å²) in [5.74, 6) is 0.881. The fourth-order valence-electron chi connectivity index (χ4n) is 2.89. The lowest BCUT2D eigenvalue weighted by atomic mass is 9.92. The summed E-state index contributed by atoms with van der Waals surface area (Å²) in [6.45, 7) is 2.38. The normalized spacial score (nSPS) is 17.1.